The first-order chi connectivity index (χ1) is 6.33. The van der Waals surface area contributed by atoms with E-state index in [4.69, 9.17) is 4.74 Å². The summed E-state index contributed by atoms with van der Waals surface area (Å²) in [5.74, 6) is 1.94. The minimum absolute atomic E-state index is 0.203. The average Bonchev–Trinajstić information content (AvgIpc) is 1.98. The van der Waals surface area contributed by atoms with E-state index >= 15 is 0 Å². The van der Waals surface area contributed by atoms with Crippen molar-refractivity contribution >= 4 is 11.8 Å². The molecule has 0 aromatic heterocycles. The van der Waals surface area contributed by atoms with Gasteiger partial charge in [0.25, 0.3) is 0 Å². The van der Waals surface area contributed by atoms with Crippen molar-refractivity contribution in [2.75, 3.05) is 18.1 Å². The summed E-state index contributed by atoms with van der Waals surface area (Å²) in [6.45, 7) is 8.90. The lowest BCUT2D eigenvalue weighted by atomic mass is 9.82. The Kier molecular flexibility index (Phi) is 3.89. The van der Waals surface area contributed by atoms with Crippen molar-refractivity contribution < 1.29 is 9.84 Å². The predicted molar refractivity (Wildman–Crippen MR) is 61.8 cm³/mol. The molecule has 1 aliphatic heterocycles. The summed E-state index contributed by atoms with van der Waals surface area (Å²) >= 11 is 1.83. The van der Waals surface area contributed by atoms with Gasteiger partial charge in [-0.1, -0.05) is 13.8 Å². The minimum Gasteiger partial charge on any atom is -0.387 e. The van der Waals surface area contributed by atoms with Crippen molar-refractivity contribution in [3.63, 3.8) is 0 Å². The second-order valence-electron chi connectivity index (χ2n) is 5.42. The van der Waals surface area contributed by atoms with Crippen molar-refractivity contribution in [2.45, 2.75) is 45.8 Å². The molecule has 0 aromatic carbocycles. The van der Waals surface area contributed by atoms with E-state index < -0.39 is 5.60 Å². The topological polar surface area (TPSA) is 29.5 Å². The molecule has 1 fully saturated rings. The molecule has 1 heterocycles. The van der Waals surface area contributed by atoms with Gasteiger partial charge < -0.3 is 9.84 Å². The van der Waals surface area contributed by atoms with Crippen LogP contribution in [0, 0.1) is 5.41 Å². The number of thioether (sulfide) groups is 1. The Hall–Kier alpha value is 0.270. The maximum Gasteiger partial charge on any atom is 0.0975 e. The van der Waals surface area contributed by atoms with Crippen LogP contribution in [0.5, 0.6) is 0 Å². The highest BCUT2D eigenvalue weighted by molar-refractivity contribution is 7.99. The highest BCUT2D eigenvalue weighted by Crippen LogP contribution is 2.39. The summed E-state index contributed by atoms with van der Waals surface area (Å²) in [5.41, 5.74) is -0.380. The average molecular weight is 218 g/mol. The highest BCUT2D eigenvalue weighted by atomic mass is 32.2. The van der Waals surface area contributed by atoms with Crippen LogP contribution in [0.3, 0.4) is 0 Å². The van der Waals surface area contributed by atoms with E-state index in [1.807, 2.05) is 25.6 Å². The number of ether oxygens (including phenoxy) is 1. The van der Waals surface area contributed by atoms with Crippen molar-refractivity contribution in [1.29, 1.82) is 0 Å². The number of rotatable bonds is 3. The molecule has 84 valence electrons. The summed E-state index contributed by atoms with van der Waals surface area (Å²) in [6, 6.07) is 0. The van der Waals surface area contributed by atoms with Crippen LogP contribution in [-0.2, 0) is 4.74 Å². The molecule has 0 aliphatic carbocycles. The van der Waals surface area contributed by atoms with Crippen molar-refractivity contribution in [1.82, 2.24) is 0 Å². The maximum atomic E-state index is 10.3. The molecule has 1 rings (SSSR count). The van der Waals surface area contributed by atoms with Crippen molar-refractivity contribution in [2.24, 2.45) is 5.41 Å². The van der Waals surface area contributed by atoms with Gasteiger partial charge in [0.1, 0.15) is 0 Å². The standard InChI is InChI=1S/C11H22O2S/c1-9(2)13-6-11(12)5-10(3,4)7-14-8-11/h9,12H,5-8H2,1-4H3. The molecule has 14 heavy (non-hydrogen) atoms. The number of hydrogen-bond acceptors (Lipinski definition) is 3. The largest absolute Gasteiger partial charge is 0.387 e. The predicted octanol–water partition coefficient (Wildman–Crippen LogP) is 2.31. The van der Waals surface area contributed by atoms with E-state index in [2.05, 4.69) is 13.8 Å². The van der Waals surface area contributed by atoms with Crippen LogP contribution in [0.4, 0.5) is 0 Å². The lowest BCUT2D eigenvalue weighted by Crippen LogP contribution is -2.46. The molecule has 0 amide bonds. The molecular formula is C11H22O2S. The van der Waals surface area contributed by atoms with Gasteiger partial charge in [0, 0.05) is 5.75 Å². The van der Waals surface area contributed by atoms with Crippen LogP contribution < -0.4 is 0 Å². The maximum absolute atomic E-state index is 10.3. The first-order valence-corrected chi connectivity index (χ1v) is 6.40. The van der Waals surface area contributed by atoms with Crippen molar-refractivity contribution in [3.8, 4) is 0 Å². The lowest BCUT2D eigenvalue weighted by molar-refractivity contribution is -0.0715. The Balaban J connectivity index is 2.47. The van der Waals surface area contributed by atoms with Gasteiger partial charge in [-0.3, -0.25) is 0 Å². The van der Waals surface area contributed by atoms with Crippen LogP contribution in [0.2, 0.25) is 0 Å². The van der Waals surface area contributed by atoms with Crippen molar-refractivity contribution in [3.05, 3.63) is 0 Å². The molecule has 1 unspecified atom stereocenters. The Labute approximate surface area is 91.4 Å². The monoisotopic (exact) mass is 218 g/mol. The van der Waals surface area contributed by atoms with E-state index in [1.54, 1.807) is 0 Å². The summed E-state index contributed by atoms with van der Waals surface area (Å²) in [5, 5.41) is 10.3. The van der Waals surface area contributed by atoms with E-state index in [0.717, 1.165) is 17.9 Å². The Morgan fingerprint density at radius 2 is 2.00 bits per heavy atom. The third-order valence-electron chi connectivity index (χ3n) is 2.36. The summed E-state index contributed by atoms with van der Waals surface area (Å²) < 4.78 is 5.51. The van der Waals surface area contributed by atoms with Gasteiger partial charge in [-0.2, -0.15) is 11.8 Å². The zero-order valence-corrected chi connectivity index (χ0v) is 10.5. The fourth-order valence-corrected chi connectivity index (χ4v) is 3.25. The third-order valence-corrected chi connectivity index (χ3v) is 4.08. The van der Waals surface area contributed by atoms with E-state index in [1.165, 1.54) is 0 Å². The summed E-state index contributed by atoms with van der Waals surface area (Å²) in [7, 11) is 0. The fraction of sp³-hybridized carbons (Fsp3) is 1.00. The van der Waals surface area contributed by atoms with Gasteiger partial charge in [-0.05, 0) is 31.4 Å². The van der Waals surface area contributed by atoms with Gasteiger partial charge in [-0.25, -0.2) is 0 Å². The molecule has 2 nitrogen and oxygen atoms in total. The molecular weight excluding hydrogens is 196 g/mol. The van der Waals surface area contributed by atoms with E-state index in [-0.39, 0.29) is 11.5 Å². The molecule has 1 atom stereocenters. The summed E-state index contributed by atoms with van der Waals surface area (Å²) in [4.78, 5) is 0. The second-order valence-corrected chi connectivity index (χ2v) is 6.40. The van der Waals surface area contributed by atoms with Gasteiger partial charge in [-0.15, -0.1) is 0 Å². The van der Waals surface area contributed by atoms with E-state index in [0.29, 0.717) is 6.61 Å². The van der Waals surface area contributed by atoms with Crippen LogP contribution in [0.1, 0.15) is 34.1 Å². The smallest absolute Gasteiger partial charge is 0.0975 e. The van der Waals surface area contributed by atoms with Crippen LogP contribution in [0.15, 0.2) is 0 Å². The molecule has 3 heteroatoms. The second kappa shape index (κ2) is 4.42. The van der Waals surface area contributed by atoms with Crippen LogP contribution >= 0.6 is 11.8 Å². The fourth-order valence-electron chi connectivity index (χ4n) is 1.92. The SMILES string of the molecule is CC(C)OCC1(O)CSCC(C)(C)C1. The molecule has 0 aromatic rings. The highest BCUT2D eigenvalue weighted by Gasteiger charge is 2.39. The molecule has 0 spiro atoms. The van der Waals surface area contributed by atoms with Gasteiger partial charge >= 0.3 is 0 Å². The first-order valence-electron chi connectivity index (χ1n) is 5.25. The molecule has 0 bridgehead atoms. The van der Waals surface area contributed by atoms with Crippen LogP contribution in [-0.4, -0.2) is 34.9 Å². The first kappa shape index (κ1) is 12.3. The molecule has 1 aliphatic rings. The molecule has 0 radical (unpaired) electrons. The Morgan fingerprint density at radius 3 is 2.50 bits per heavy atom. The zero-order chi connectivity index (χ0) is 10.8. The van der Waals surface area contributed by atoms with Gasteiger partial charge in [0.2, 0.25) is 0 Å². The Bertz CT molecular complexity index is 192. The molecule has 1 saturated heterocycles. The summed E-state index contributed by atoms with van der Waals surface area (Å²) in [6.07, 6.45) is 1.05. The number of aliphatic hydroxyl groups is 1. The quantitative estimate of drug-likeness (QED) is 0.788. The van der Waals surface area contributed by atoms with Crippen LogP contribution in [0.25, 0.3) is 0 Å². The molecule has 1 N–H and O–H groups in total. The van der Waals surface area contributed by atoms with E-state index in [9.17, 15) is 5.11 Å². The van der Waals surface area contributed by atoms with Gasteiger partial charge in [0.05, 0.1) is 18.3 Å². The van der Waals surface area contributed by atoms with Gasteiger partial charge in [0.15, 0.2) is 0 Å². The number of hydrogen-bond donors (Lipinski definition) is 1. The zero-order valence-electron chi connectivity index (χ0n) is 9.67. The molecule has 0 saturated carbocycles. The normalized spacial score (nSPS) is 32.1. The minimum atomic E-state index is -0.614. The Morgan fingerprint density at radius 1 is 1.36 bits per heavy atom. The third kappa shape index (κ3) is 3.79. The lowest BCUT2D eigenvalue weighted by Gasteiger charge is -2.41.